The van der Waals surface area contributed by atoms with Gasteiger partial charge in [0.15, 0.2) is 0 Å². The molecule has 1 saturated heterocycles. The maximum Gasteiger partial charge on any atom is 0.248 e. The van der Waals surface area contributed by atoms with Gasteiger partial charge in [-0.05, 0) is 24.3 Å². The van der Waals surface area contributed by atoms with Crippen LogP contribution in [-0.4, -0.2) is 67.8 Å². The van der Waals surface area contributed by atoms with Crippen LogP contribution in [0.25, 0.3) is 0 Å². The third kappa shape index (κ3) is 3.51. The second-order valence-electron chi connectivity index (χ2n) is 6.17. The Morgan fingerprint density at radius 2 is 2.36 bits per heavy atom. The highest BCUT2D eigenvalue weighted by atomic mass is 32.1. The summed E-state index contributed by atoms with van der Waals surface area (Å²) in [5, 5.41) is 2.13. The molecule has 3 atom stereocenters. The molecule has 22 heavy (non-hydrogen) atoms. The summed E-state index contributed by atoms with van der Waals surface area (Å²) in [6, 6.07) is 4.70. The van der Waals surface area contributed by atoms with Crippen molar-refractivity contribution >= 4 is 17.2 Å². The molecule has 1 amide bonds. The Hall–Kier alpha value is -0.950. The van der Waals surface area contributed by atoms with E-state index in [1.165, 1.54) is 4.88 Å². The van der Waals surface area contributed by atoms with Gasteiger partial charge in [-0.3, -0.25) is 9.69 Å². The molecule has 1 aromatic rings. The molecule has 3 rings (SSSR count). The number of fused-ring (bicyclic) bond motifs is 1. The van der Waals surface area contributed by atoms with Crippen LogP contribution in [0.1, 0.15) is 17.7 Å². The van der Waals surface area contributed by atoms with E-state index in [2.05, 4.69) is 22.4 Å². The summed E-state index contributed by atoms with van der Waals surface area (Å²) in [5.74, 6) is 0.00898. The predicted octanol–water partition coefficient (Wildman–Crippen LogP) is 1.58. The standard InChI is InChI=1S/C16H24N2O3S/c1-17(2)15(19)11-21-14-6-5-13-16(14)20-8-7-18(13)10-12-4-3-9-22-12/h3-4,9,13-14,16H,5-8,10-11H2,1-2H3/t13-,14+,16+/m0/s1. The van der Waals surface area contributed by atoms with E-state index in [4.69, 9.17) is 9.47 Å². The van der Waals surface area contributed by atoms with Crippen LogP contribution in [0, 0.1) is 0 Å². The molecule has 2 aliphatic rings. The maximum absolute atomic E-state index is 11.7. The Labute approximate surface area is 135 Å². The first-order chi connectivity index (χ1) is 10.6. The summed E-state index contributed by atoms with van der Waals surface area (Å²) in [4.78, 5) is 17.2. The molecule has 122 valence electrons. The molecule has 1 saturated carbocycles. The zero-order valence-corrected chi connectivity index (χ0v) is 14.1. The number of carbonyl (C=O) groups excluding carboxylic acids is 1. The van der Waals surface area contributed by atoms with Crippen LogP contribution >= 0.6 is 11.3 Å². The normalized spacial score (nSPS) is 28.5. The fraction of sp³-hybridized carbons (Fsp3) is 0.688. The highest BCUT2D eigenvalue weighted by molar-refractivity contribution is 7.09. The van der Waals surface area contributed by atoms with Gasteiger partial charge in [0.05, 0.1) is 18.8 Å². The lowest BCUT2D eigenvalue weighted by Crippen LogP contribution is -2.51. The minimum Gasteiger partial charge on any atom is -0.373 e. The molecule has 0 radical (unpaired) electrons. The number of hydrogen-bond donors (Lipinski definition) is 0. The molecule has 0 aromatic carbocycles. The third-order valence-electron chi connectivity index (χ3n) is 4.51. The van der Waals surface area contributed by atoms with Crippen molar-refractivity contribution in [2.24, 2.45) is 0 Å². The fourth-order valence-corrected chi connectivity index (χ4v) is 4.01. The van der Waals surface area contributed by atoms with Crippen molar-refractivity contribution in [1.82, 2.24) is 9.80 Å². The lowest BCUT2D eigenvalue weighted by molar-refractivity contribution is -0.144. The molecular weight excluding hydrogens is 300 g/mol. The highest BCUT2D eigenvalue weighted by Gasteiger charge is 2.43. The first kappa shape index (κ1) is 15.9. The van der Waals surface area contributed by atoms with Gasteiger partial charge in [-0.15, -0.1) is 11.3 Å². The number of amides is 1. The van der Waals surface area contributed by atoms with Gasteiger partial charge in [0.1, 0.15) is 6.61 Å². The van der Waals surface area contributed by atoms with Crippen molar-refractivity contribution in [3.05, 3.63) is 22.4 Å². The van der Waals surface area contributed by atoms with Crippen molar-refractivity contribution in [3.8, 4) is 0 Å². The van der Waals surface area contributed by atoms with E-state index >= 15 is 0 Å². The van der Waals surface area contributed by atoms with Crippen molar-refractivity contribution in [3.63, 3.8) is 0 Å². The minimum absolute atomic E-state index is 0.00898. The predicted molar refractivity (Wildman–Crippen MR) is 85.9 cm³/mol. The maximum atomic E-state index is 11.7. The summed E-state index contributed by atoms with van der Waals surface area (Å²) in [6.07, 6.45) is 2.19. The number of carbonyl (C=O) groups is 1. The number of nitrogens with zero attached hydrogens (tertiary/aromatic N) is 2. The average molecular weight is 324 g/mol. The lowest BCUT2D eigenvalue weighted by atomic mass is 10.1. The van der Waals surface area contributed by atoms with E-state index in [0.717, 1.165) is 32.5 Å². The number of ether oxygens (including phenoxy) is 2. The smallest absolute Gasteiger partial charge is 0.248 e. The molecule has 6 heteroatoms. The molecule has 0 bridgehead atoms. The van der Waals surface area contributed by atoms with Crippen molar-refractivity contribution < 1.29 is 14.3 Å². The Balaban J connectivity index is 1.57. The van der Waals surface area contributed by atoms with Crippen LogP contribution in [0.2, 0.25) is 0 Å². The van der Waals surface area contributed by atoms with Crippen LogP contribution in [0.4, 0.5) is 0 Å². The van der Waals surface area contributed by atoms with E-state index in [1.807, 2.05) is 0 Å². The summed E-state index contributed by atoms with van der Waals surface area (Å²) in [7, 11) is 3.51. The van der Waals surface area contributed by atoms with E-state index in [-0.39, 0.29) is 24.7 Å². The monoisotopic (exact) mass is 324 g/mol. The molecular formula is C16H24N2O3S. The van der Waals surface area contributed by atoms with Gasteiger partial charge in [0.25, 0.3) is 0 Å². The third-order valence-corrected chi connectivity index (χ3v) is 5.37. The molecule has 0 N–H and O–H groups in total. The van der Waals surface area contributed by atoms with Gasteiger partial charge < -0.3 is 14.4 Å². The Morgan fingerprint density at radius 3 is 3.09 bits per heavy atom. The largest absolute Gasteiger partial charge is 0.373 e. The molecule has 1 aliphatic carbocycles. The van der Waals surface area contributed by atoms with Crippen molar-refractivity contribution in [2.75, 3.05) is 33.9 Å². The van der Waals surface area contributed by atoms with Crippen molar-refractivity contribution in [1.29, 1.82) is 0 Å². The lowest BCUT2D eigenvalue weighted by Gasteiger charge is -2.38. The summed E-state index contributed by atoms with van der Waals surface area (Å²) < 4.78 is 11.8. The number of likely N-dealkylation sites (N-methyl/N-ethyl adjacent to an activating group) is 1. The molecule has 1 aliphatic heterocycles. The number of morpholine rings is 1. The Kier molecular flexibility index (Phi) is 5.13. The Morgan fingerprint density at radius 1 is 1.50 bits per heavy atom. The highest BCUT2D eigenvalue weighted by Crippen LogP contribution is 2.33. The summed E-state index contributed by atoms with van der Waals surface area (Å²) in [5.41, 5.74) is 0. The zero-order valence-electron chi connectivity index (χ0n) is 13.2. The first-order valence-corrected chi connectivity index (χ1v) is 8.73. The molecule has 0 spiro atoms. The first-order valence-electron chi connectivity index (χ1n) is 7.85. The average Bonchev–Trinajstić information content (AvgIpc) is 3.14. The van der Waals surface area contributed by atoms with Crippen LogP contribution in [0.3, 0.4) is 0 Å². The van der Waals surface area contributed by atoms with Gasteiger partial charge in [-0.25, -0.2) is 0 Å². The van der Waals surface area contributed by atoms with E-state index in [1.54, 1.807) is 30.3 Å². The van der Waals surface area contributed by atoms with Crippen molar-refractivity contribution in [2.45, 2.75) is 37.6 Å². The number of rotatable bonds is 5. The SMILES string of the molecule is CN(C)C(=O)CO[C@@H]1CC[C@H]2[C@H]1OCCN2Cc1cccs1. The molecule has 2 heterocycles. The van der Waals surface area contributed by atoms with Gasteiger partial charge in [0, 0.05) is 38.1 Å². The van der Waals surface area contributed by atoms with E-state index in [9.17, 15) is 4.79 Å². The fourth-order valence-electron chi connectivity index (χ4n) is 3.28. The number of thiophene rings is 1. The van der Waals surface area contributed by atoms with Gasteiger partial charge in [0.2, 0.25) is 5.91 Å². The van der Waals surface area contributed by atoms with Crippen LogP contribution in [0.5, 0.6) is 0 Å². The molecule has 1 aromatic heterocycles. The molecule has 0 unspecified atom stereocenters. The second kappa shape index (κ2) is 7.08. The quantitative estimate of drug-likeness (QED) is 0.825. The summed E-state index contributed by atoms with van der Waals surface area (Å²) in [6.45, 7) is 2.86. The van der Waals surface area contributed by atoms with E-state index in [0.29, 0.717) is 6.04 Å². The summed E-state index contributed by atoms with van der Waals surface area (Å²) >= 11 is 1.80. The second-order valence-corrected chi connectivity index (χ2v) is 7.20. The van der Waals surface area contributed by atoms with Gasteiger partial charge in [-0.1, -0.05) is 6.07 Å². The van der Waals surface area contributed by atoms with Gasteiger partial charge >= 0.3 is 0 Å². The molecule has 2 fully saturated rings. The molecule has 5 nitrogen and oxygen atoms in total. The van der Waals surface area contributed by atoms with Crippen LogP contribution < -0.4 is 0 Å². The topological polar surface area (TPSA) is 42.0 Å². The number of hydrogen-bond acceptors (Lipinski definition) is 5. The van der Waals surface area contributed by atoms with E-state index < -0.39 is 0 Å². The van der Waals surface area contributed by atoms with Gasteiger partial charge in [-0.2, -0.15) is 0 Å². The van der Waals surface area contributed by atoms with Crippen LogP contribution in [0.15, 0.2) is 17.5 Å². The minimum atomic E-state index is 0.00898. The zero-order chi connectivity index (χ0) is 15.5. The Bertz CT molecular complexity index is 492. The van der Waals surface area contributed by atoms with Crippen LogP contribution in [-0.2, 0) is 20.8 Å².